The third-order valence-electron chi connectivity index (χ3n) is 8.88. The summed E-state index contributed by atoms with van der Waals surface area (Å²) >= 11 is 0. The summed E-state index contributed by atoms with van der Waals surface area (Å²) in [5, 5.41) is 13.4. The Bertz CT molecular complexity index is 1560. The van der Waals surface area contributed by atoms with Crippen molar-refractivity contribution >= 4 is 35.3 Å². The average molecular weight is 676 g/mol. The maximum Gasteiger partial charge on any atom is 0.697 e. The lowest BCUT2D eigenvalue weighted by Gasteiger charge is -2.44. The SMILES string of the molecule is CC(C)(C)[Si](C)(C)O[C@H]1[C@H](n2ccc(=O)[nH]c2=O)O[C@H](CO[Si](c2ccccc2)(c2ccccc2)C(C)(C)C)[C@@]1(O)O[P+](=O)O. The number of nitrogens with zero attached hydrogens (tertiary/aromatic N) is 1. The normalized spacial score (nSPS) is 23.2. The highest BCUT2D eigenvalue weighted by Crippen LogP contribution is 2.48. The van der Waals surface area contributed by atoms with Crippen molar-refractivity contribution in [2.75, 3.05) is 6.61 Å². The van der Waals surface area contributed by atoms with Crippen LogP contribution in [0.2, 0.25) is 23.2 Å². The first kappa shape index (κ1) is 35.3. The molecule has 11 nitrogen and oxygen atoms in total. The zero-order chi connectivity index (χ0) is 33.4. The summed E-state index contributed by atoms with van der Waals surface area (Å²) in [4.78, 5) is 37.2. The van der Waals surface area contributed by atoms with Crippen molar-refractivity contribution < 1.29 is 32.7 Å². The number of hydrogen-bond donors (Lipinski definition) is 3. The van der Waals surface area contributed by atoms with Crippen LogP contribution in [0.4, 0.5) is 0 Å². The van der Waals surface area contributed by atoms with Crippen molar-refractivity contribution in [3.05, 3.63) is 93.8 Å². The Balaban J connectivity index is 1.88. The van der Waals surface area contributed by atoms with Crippen molar-refractivity contribution in [3.63, 3.8) is 0 Å². The standard InChI is InChI=1S/C31H43N2O9PSi2/c1-29(2,3)44(7,8)41-26-27(33-20-19-25(34)32-28(33)35)40-24(31(26,36)42-43(37)38)21-39-45(30(4,5)6,22-15-11-9-12-16-22)23-17-13-10-14-18-23/h9-20,24,26-27,36H,21H2,1-8H3,(H-,32,34,35,37,38)/p+1/t24-,26+,27-,31-/m1/s1. The second kappa shape index (κ2) is 12.9. The molecule has 1 aliphatic heterocycles. The fourth-order valence-electron chi connectivity index (χ4n) is 5.56. The molecule has 1 aromatic heterocycles. The predicted molar refractivity (Wildman–Crippen MR) is 177 cm³/mol. The molecule has 244 valence electrons. The van der Waals surface area contributed by atoms with Crippen LogP contribution in [0.3, 0.4) is 0 Å². The lowest BCUT2D eigenvalue weighted by molar-refractivity contribution is -0.212. The van der Waals surface area contributed by atoms with Gasteiger partial charge in [-0.15, -0.1) is 4.89 Å². The molecule has 14 heteroatoms. The molecule has 5 atom stereocenters. The summed E-state index contributed by atoms with van der Waals surface area (Å²) in [5.74, 6) is -2.52. The second-order valence-corrected chi connectivity index (χ2v) is 23.6. The molecule has 0 saturated carbocycles. The van der Waals surface area contributed by atoms with Crippen molar-refractivity contribution in [2.24, 2.45) is 0 Å². The van der Waals surface area contributed by atoms with Crippen LogP contribution in [0.25, 0.3) is 0 Å². The lowest BCUT2D eigenvalue weighted by Crippen LogP contribution is -2.67. The largest absolute Gasteiger partial charge is 0.697 e. The van der Waals surface area contributed by atoms with Crippen LogP contribution in [-0.4, -0.2) is 60.8 Å². The third-order valence-corrected chi connectivity index (χ3v) is 18.8. The van der Waals surface area contributed by atoms with Gasteiger partial charge in [-0.2, -0.15) is 0 Å². The van der Waals surface area contributed by atoms with Crippen LogP contribution in [0.1, 0.15) is 47.8 Å². The third kappa shape index (κ3) is 6.92. The minimum absolute atomic E-state index is 0.279. The summed E-state index contributed by atoms with van der Waals surface area (Å²) in [5.41, 5.74) is -1.42. The molecule has 0 aliphatic carbocycles. The second-order valence-electron chi connectivity index (χ2n) is 13.9. The van der Waals surface area contributed by atoms with Gasteiger partial charge in [0.25, 0.3) is 19.7 Å². The van der Waals surface area contributed by atoms with E-state index in [1.54, 1.807) is 0 Å². The maximum atomic E-state index is 13.0. The van der Waals surface area contributed by atoms with Crippen LogP contribution < -0.4 is 21.6 Å². The fraction of sp³-hybridized carbons (Fsp3) is 0.484. The van der Waals surface area contributed by atoms with Gasteiger partial charge in [0.1, 0.15) is 6.10 Å². The van der Waals surface area contributed by atoms with Gasteiger partial charge in [-0.1, -0.05) is 107 Å². The Morgan fingerprint density at radius 3 is 1.91 bits per heavy atom. The maximum absolute atomic E-state index is 13.0. The summed E-state index contributed by atoms with van der Waals surface area (Å²) in [6.07, 6.45) is -2.93. The number of aromatic nitrogens is 2. The van der Waals surface area contributed by atoms with Crippen LogP contribution >= 0.6 is 8.25 Å². The highest BCUT2D eigenvalue weighted by atomic mass is 31.1. The molecule has 45 heavy (non-hydrogen) atoms. The molecule has 3 N–H and O–H groups in total. The van der Waals surface area contributed by atoms with E-state index in [0.717, 1.165) is 21.0 Å². The summed E-state index contributed by atoms with van der Waals surface area (Å²) in [6, 6.07) is 20.8. The Labute approximate surface area is 266 Å². The highest BCUT2D eigenvalue weighted by Gasteiger charge is 2.66. The van der Waals surface area contributed by atoms with Gasteiger partial charge in [-0.05, 0) is 33.5 Å². The molecular formula is C31H44N2O9PSi2+. The number of ether oxygens (including phenoxy) is 1. The molecule has 0 bridgehead atoms. The minimum atomic E-state index is -3.37. The summed E-state index contributed by atoms with van der Waals surface area (Å²) < 4.78 is 38.8. The highest BCUT2D eigenvalue weighted by molar-refractivity contribution is 7.32. The van der Waals surface area contributed by atoms with Crippen molar-refractivity contribution in [1.82, 2.24) is 9.55 Å². The van der Waals surface area contributed by atoms with Gasteiger partial charge in [-0.3, -0.25) is 14.3 Å². The number of nitrogens with one attached hydrogen (secondary N) is 1. The minimum Gasteiger partial charge on any atom is -0.405 e. The number of H-pyrrole nitrogens is 1. The number of aromatic amines is 1. The van der Waals surface area contributed by atoms with E-state index < -0.39 is 65.4 Å². The van der Waals surface area contributed by atoms with Crippen molar-refractivity contribution in [3.8, 4) is 0 Å². The lowest BCUT2D eigenvalue weighted by atomic mass is 10.1. The summed E-state index contributed by atoms with van der Waals surface area (Å²) in [6.45, 7) is 15.8. The van der Waals surface area contributed by atoms with E-state index in [4.69, 9.17) is 18.1 Å². The quantitative estimate of drug-likeness (QED) is 0.166. The van der Waals surface area contributed by atoms with E-state index in [1.165, 1.54) is 6.20 Å². The van der Waals surface area contributed by atoms with Crippen LogP contribution in [0.5, 0.6) is 0 Å². The number of benzene rings is 2. The van der Waals surface area contributed by atoms with E-state index in [-0.39, 0.29) is 11.6 Å². The van der Waals surface area contributed by atoms with Crippen LogP contribution in [0, 0.1) is 0 Å². The van der Waals surface area contributed by atoms with Crippen LogP contribution in [-0.2, 0) is 22.7 Å². The Kier molecular flexibility index (Phi) is 10.1. The van der Waals surface area contributed by atoms with Gasteiger partial charge in [0, 0.05) is 16.8 Å². The fourth-order valence-corrected chi connectivity index (χ4v) is 11.9. The molecule has 4 rings (SSSR count). The van der Waals surface area contributed by atoms with Gasteiger partial charge in [0.2, 0.25) is 0 Å². The Morgan fingerprint density at radius 2 is 1.47 bits per heavy atom. The molecule has 2 aromatic carbocycles. The molecule has 1 fully saturated rings. The van der Waals surface area contributed by atoms with E-state index >= 15 is 0 Å². The van der Waals surface area contributed by atoms with Gasteiger partial charge in [-0.25, -0.2) is 4.79 Å². The topological polar surface area (TPSA) is 149 Å². The molecule has 1 unspecified atom stereocenters. The Hall–Kier alpha value is -2.59. The molecule has 3 aromatic rings. The number of rotatable bonds is 10. The van der Waals surface area contributed by atoms with Gasteiger partial charge in [0.15, 0.2) is 20.6 Å². The molecular weight excluding hydrogens is 631 g/mol. The van der Waals surface area contributed by atoms with Crippen molar-refractivity contribution in [2.45, 2.75) is 88.9 Å². The molecule has 0 amide bonds. The number of aliphatic hydroxyl groups is 1. The van der Waals surface area contributed by atoms with E-state index in [0.29, 0.717) is 0 Å². The van der Waals surface area contributed by atoms with Gasteiger partial charge in [0.05, 0.1) is 6.61 Å². The smallest absolute Gasteiger partial charge is 0.405 e. The molecule has 1 saturated heterocycles. The summed E-state index contributed by atoms with van der Waals surface area (Å²) in [7, 11) is -9.29. The first-order valence-electron chi connectivity index (χ1n) is 14.8. The van der Waals surface area contributed by atoms with Crippen LogP contribution in [0.15, 0.2) is 82.5 Å². The first-order valence-corrected chi connectivity index (χ1v) is 20.8. The number of hydrogen-bond acceptors (Lipinski definition) is 8. The molecule has 0 spiro atoms. The zero-order valence-corrected chi connectivity index (χ0v) is 29.9. The average Bonchev–Trinajstić information content (AvgIpc) is 3.18. The van der Waals surface area contributed by atoms with Gasteiger partial charge < -0.3 is 18.7 Å². The molecule has 1 aliphatic rings. The van der Waals surface area contributed by atoms with E-state index in [9.17, 15) is 24.2 Å². The first-order chi connectivity index (χ1) is 20.8. The molecule has 2 heterocycles. The monoisotopic (exact) mass is 675 g/mol. The van der Waals surface area contributed by atoms with Gasteiger partial charge >= 0.3 is 13.9 Å². The van der Waals surface area contributed by atoms with E-state index in [1.807, 2.05) is 94.5 Å². The Morgan fingerprint density at radius 1 is 0.933 bits per heavy atom. The van der Waals surface area contributed by atoms with E-state index in [2.05, 4.69) is 25.8 Å². The predicted octanol–water partition coefficient (Wildman–Crippen LogP) is 3.76. The molecule has 0 radical (unpaired) electrons. The van der Waals surface area contributed by atoms with Crippen molar-refractivity contribution in [1.29, 1.82) is 0 Å². The zero-order valence-electron chi connectivity index (χ0n) is 27.0.